The molecule has 0 N–H and O–H groups in total. The Bertz CT molecular complexity index is 350. The molecule has 0 fully saturated rings. The van der Waals surface area contributed by atoms with Gasteiger partial charge in [-0.3, -0.25) is 0 Å². The molecular formula is C14H16Cl2Sn. The van der Waals surface area contributed by atoms with Gasteiger partial charge in [0.1, 0.15) is 0 Å². The molecule has 0 aliphatic rings. The third-order valence-corrected chi connectivity index (χ3v) is 6.10. The van der Waals surface area contributed by atoms with Crippen LogP contribution in [0.4, 0.5) is 0 Å². The van der Waals surface area contributed by atoms with Crippen molar-refractivity contribution in [1.29, 1.82) is 0 Å². The van der Waals surface area contributed by atoms with Gasteiger partial charge in [0.05, 0.1) is 0 Å². The van der Waals surface area contributed by atoms with Gasteiger partial charge in [-0.1, -0.05) is 0 Å². The fraction of sp³-hybridized carbons (Fsp3) is 0.143. The molecule has 0 nitrogen and oxygen atoms in total. The molecule has 0 saturated carbocycles. The first-order valence-corrected chi connectivity index (χ1v) is 9.27. The zero-order valence-corrected chi connectivity index (χ0v) is 14.0. The van der Waals surface area contributed by atoms with Crippen LogP contribution in [0.15, 0.2) is 60.7 Å². The number of hydrogen-bond donors (Lipinski definition) is 0. The van der Waals surface area contributed by atoms with E-state index >= 15 is 0 Å². The molecule has 2 aromatic rings. The van der Waals surface area contributed by atoms with Crippen molar-refractivity contribution in [2.45, 2.75) is 8.87 Å². The zero-order valence-electron chi connectivity index (χ0n) is 9.50. The molecule has 2 radical (unpaired) electrons. The third-order valence-electron chi connectivity index (χ3n) is 2.34. The molecule has 90 valence electrons. The second-order valence-corrected chi connectivity index (χ2v) is 7.02. The molecule has 0 amide bonds. The molecule has 0 bridgehead atoms. The summed E-state index contributed by atoms with van der Waals surface area (Å²) >= 11 is -0.258. The minimum absolute atomic E-state index is 0. The van der Waals surface area contributed by atoms with Crippen molar-refractivity contribution in [3.63, 3.8) is 0 Å². The van der Waals surface area contributed by atoms with Crippen LogP contribution in [0.5, 0.6) is 0 Å². The Kier molecular flexibility index (Phi) is 9.70. The quantitative estimate of drug-likeness (QED) is 0.712. The van der Waals surface area contributed by atoms with Crippen LogP contribution in [0.2, 0.25) is 0 Å². The summed E-state index contributed by atoms with van der Waals surface area (Å²) in [7, 11) is 0. The van der Waals surface area contributed by atoms with Gasteiger partial charge >= 0.3 is 102 Å². The van der Waals surface area contributed by atoms with E-state index < -0.39 is 0 Å². The molecule has 2 aromatic carbocycles. The first-order chi connectivity index (χ1) is 7.45. The standard InChI is InChI=1S/2C7H7.2ClH.Sn/c2*1-7-5-3-2-4-6-7;;;/h2*2-6H,1H2;2*1H;. The molecule has 0 heterocycles. The summed E-state index contributed by atoms with van der Waals surface area (Å²) in [5.74, 6) is 0. The zero-order chi connectivity index (χ0) is 10.3. The molecule has 0 aromatic heterocycles. The summed E-state index contributed by atoms with van der Waals surface area (Å²) in [4.78, 5) is 0. The molecule has 0 aliphatic heterocycles. The second kappa shape index (κ2) is 9.81. The van der Waals surface area contributed by atoms with Crippen molar-refractivity contribution in [2.75, 3.05) is 0 Å². The van der Waals surface area contributed by atoms with E-state index in [1.165, 1.54) is 20.0 Å². The predicted octanol–water partition coefficient (Wildman–Crippen LogP) is 3.93. The molecule has 0 atom stereocenters. The van der Waals surface area contributed by atoms with Gasteiger partial charge in [-0.2, -0.15) is 0 Å². The van der Waals surface area contributed by atoms with Crippen molar-refractivity contribution in [1.82, 2.24) is 0 Å². The van der Waals surface area contributed by atoms with Gasteiger partial charge in [-0.25, -0.2) is 0 Å². The van der Waals surface area contributed by atoms with E-state index in [1.54, 1.807) is 0 Å². The van der Waals surface area contributed by atoms with E-state index in [9.17, 15) is 0 Å². The molecule has 3 heteroatoms. The fourth-order valence-electron chi connectivity index (χ4n) is 1.54. The molecular weight excluding hydrogens is 358 g/mol. The topological polar surface area (TPSA) is 0 Å². The second-order valence-electron chi connectivity index (χ2n) is 3.57. The number of hydrogen-bond acceptors (Lipinski definition) is 0. The van der Waals surface area contributed by atoms with Crippen LogP contribution in [-0.2, 0) is 8.87 Å². The van der Waals surface area contributed by atoms with E-state index in [0.29, 0.717) is 0 Å². The molecule has 0 saturated heterocycles. The predicted molar refractivity (Wildman–Crippen MR) is 80.5 cm³/mol. The average molecular weight is 374 g/mol. The molecule has 0 spiro atoms. The molecule has 0 aliphatic carbocycles. The van der Waals surface area contributed by atoms with Crippen LogP contribution in [-0.4, -0.2) is 21.1 Å². The van der Waals surface area contributed by atoms with Crippen molar-refractivity contribution in [2.24, 2.45) is 0 Å². The van der Waals surface area contributed by atoms with Crippen molar-refractivity contribution in [3.05, 3.63) is 71.8 Å². The summed E-state index contributed by atoms with van der Waals surface area (Å²) in [5.41, 5.74) is 3.03. The van der Waals surface area contributed by atoms with Crippen LogP contribution in [0.1, 0.15) is 11.1 Å². The summed E-state index contributed by atoms with van der Waals surface area (Å²) < 4.78 is 2.69. The van der Waals surface area contributed by atoms with Crippen LogP contribution >= 0.6 is 24.8 Å². The maximum absolute atomic E-state index is 2.24. The van der Waals surface area contributed by atoms with Crippen LogP contribution in [0.25, 0.3) is 0 Å². The van der Waals surface area contributed by atoms with Gasteiger partial charge in [0.2, 0.25) is 0 Å². The molecule has 17 heavy (non-hydrogen) atoms. The fourth-order valence-corrected chi connectivity index (χ4v) is 4.89. The van der Waals surface area contributed by atoms with Gasteiger partial charge in [0, 0.05) is 0 Å². The normalized spacial score (nSPS) is 8.94. The summed E-state index contributed by atoms with van der Waals surface area (Å²) in [5, 5.41) is 0. The average Bonchev–Trinajstić information content (AvgIpc) is 2.32. The Hall–Kier alpha value is -0.181. The van der Waals surface area contributed by atoms with Gasteiger partial charge < -0.3 is 0 Å². The van der Waals surface area contributed by atoms with Crippen molar-refractivity contribution in [3.8, 4) is 0 Å². The Labute approximate surface area is 126 Å². The van der Waals surface area contributed by atoms with E-state index in [0.717, 1.165) is 0 Å². The monoisotopic (exact) mass is 374 g/mol. The first kappa shape index (κ1) is 16.8. The van der Waals surface area contributed by atoms with E-state index in [-0.39, 0.29) is 46.0 Å². The third kappa shape index (κ3) is 6.35. The van der Waals surface area contributed by atoms with Gasteiger partial charge in [0.15, 0.2) is 0 Å². The SMILES string of the molecule is Cl.Cl.c1ccc([CH2][Sn][CH2]c2ccccc2)cc1. The van der Waals surface area contributed by atoms with Crippen molar-refractivity contribution >= 4 is 46.0 Å². The van der Waals surface area contributed by atoms with E-state index in [4.69, 9.17) is 0 Å². The Morgan fingerprint density at radius 2 is 0.941 bits per heavy atom. The Balaban J connectivity index is 0.00000128. The Morgan fingerprint density at radius 3 is 1.29 bits per heavy atom. The van der Waals surface area contributed by atoms with Crippen LogP contribution in [0, 0.1) is 0 Å². The van der Waals surface area contributed by atoms with E-state index in [1.807, 2.05) is 0 Å². The van der Waals surface area contributed by atoms with Gasteiger partial charge in [-0.15, -0.1) is 24.8 Å². The number of rotatable bonds is 4. The summed E-state index contributed by atoms with van der Waals surface area (Å²) in [6.07, 6.45) is 0. The van der Waals surface area contributed by atoms with Gasteiger partial charge in [0.25, 0.3) is 0 Å². The number of benzene rings is 2. The summed E-state index contributed by atoms with van der Waals surface area (Å²) in [6.45, 7) is 0. The van der Waals surface area contributed by atoms with Crippen LogP contribution in [0.3, 0.4) is 0 Å². The number of halogens is 2. The molecule has 2 rings (SSSR count). The molecule has 0 unspecified atom stereocenters. The van der Waals surface area contributed by atoms with Gasteiger partial charge in [-0.05, 0) is 0 Å². The first-order valence-electron chi connectivity index (χ1n) is 5.24. The van der Waals surface area contributed by atoms with E-state index in [2.05, 4.69) is 60.7 Å². The van der Waals surface area contributed by atoms with Crippen molar-refractivity contribution < 1.29 is 0 Å². The minimum atomic E-state index is -0.258. The Morgan fingerprint density at radius 1 is 0.588 bits per heavy atom. The van der Waals surface area contributed by atoms with Crippen LogP contribution < -0.4 is 0 Å². The summed E-state index contributed by atoms with van der Waals surface area (Å²) in [6, 6.07) is 21.7. The maximum atomic E-state index is 2.24.